The highest BCUT2D eigenvalue weighted by atomic mass is 16.5. The van der Waals surface area contributed by atoms with Gasteiger partial charge < -0.3 is 19.7 Å². The summed E-state index contributed by atoms with van der Waals surface area (Å²) in [7, 11) is 0. The zero-order valence-electron chi connectivity index (χ0n) is 17.4. The SMILES string of the molecule is O=C1c2ccccc2NC(c2ccccc2OCC2CCCO2)N1Cc1ccccc1. The Balaban J connectivity index is 1.49. The van der Waals surface area contributed by atoms with Gasteiger partial charge in [0.15, 0.2) is 0 Å². The second-order valence-electron chi connectivity index (χ2n) is 7.99. The lowest BCUT2D eigenvalue weighted by Gasteiger charge is -2.38. The van der Waals surface area contributed by atoms with Gasteiger partial charge in [-0.25, -0.2) is 0 Å². The van der Waals surface area contributed by atoms with Crippen LogP contribution in [0.2, 0.25) is 0 Å². The Bertz CT molecular complexity index is 1050. The number of carbonyl (C=O) groups excluding carboxylic acids is 1. The van der Waals surface area contributed by atoms with E-state index in [0.717, 1.165) is 42.0 Å². The molecule has 2 heterocycles. The van der Waals surface area contributed by atoms with Crippen molar-refractivity contribution >= 4 is 11.6 Å². The van der Waals surface area contributed by atoms with Crippen LogP contribution in [0.5, 0.6) is 5.75 Å². The van der Waals surface area contributed by atoms with Crippen molar-refractivity contribution in [1.82, 2.24) is 4.90 Å². The highest BCUT2D eigenvalue weighted by Crippen LogP contribution is 2.37. The minimum atomic E-state index is -0.330. The predicted octanol–water partition coefficient (Wildman–Crippen LogP) is 5.01. The van der Waals surface area contributed by atoms with E-state index in [4.69, 9.17) is 9.47 Å². The van der Waals surface area contributed by atoms with Crippen LogP contribution in [0, 0.1) is 0 Å². The zero-order valence-corrected chi connectivity index (χ0v) is 17.4. The maximum atomic E-state index is 13.5. The van der Waals surface area contributed by atoms with Gasteiger partial charge in [0.1, 0.15) is 18.5 Å². The third-order valence-corrected chi connectivity index (χ3v) is 5.88. The lowest BCUT2D eigenvalue weighted by Crippen LogP contribution is -2.42. The highest BCUT2D eigenvalue weighted by Gasteiger charge is 2.34. The van der Waals surface area contributed by atoms with Crippen LogP contribution in [-0.2, 0) is 11.3 Å². The number of hydrogen-bond acceptors (Lipinski definition) is 4. The molecule has 1 fully saturated rings. The van der Waals surface area contributed by atoms with E-state index in [0.29, 0.717) is 18.7 Å². The third kappa shape index (κ3) is 4.14. The molecule has 0 radical (unpaired) electrons. The third-order valence-electron chi connectivity index (χ3n) is 5.88. The summed E-state index contributed by atoms with van der Waals surface area (Å²) in [6.45, 7) is 1.83. The fourth-order valence-corrected chi connectivity index (χ4v) is 4.28. The molecule has 1 N–H and O–H groups in total. The quantitative estimate of drug-likeness (QED) is 0.616. The molecule has 5 rings (SSSR count). The summed E-state index contributed by atoms with van der Waals surface area (Å²) < 4.78 is 11.9. The van der Waals surface area contributed by atoms with Crippen LogP contribution < -0.4 is 10.1 Å². The number of nitrogens with one attached hydrogen (secondary N) is 1. The average Bonchev–Trinajstić information content (AvgIpc) is 3.34. The Labute approximate surface area is 182 Å². The van der Waals surface area contributed by atoms with E-state index in [2.05, 4.69) is 5.32 Å². The van der Waals surface area contributed by atoms with Crippen molar-refractivity contribution in [2.24, 2.45) is 0 Å². The number of rotatable bonds is 6. The average molecular weight is 415 g/mol. The standard InChI is InChI=1S/C26H26N2O3/c29-26-21-12-4-6-14-23(21)27-25(28(26)17-19-9-2-1-3-10-19)22-13-5-7-15-24(22)31-18-20-11-8-16-30-20/h1-7,9-10,12-15,20,25,27H,8,11,16-18H2. The topological polar surface area (TPSA) is 50.8 Å². The molecule has 0 aliphatic carbocycles. The molecule has 2 aliphatic rings. The van der Waals surface area contributed by atoms with Crippen molar-refractivity contribution < 1.29 is 14.3 Å². The summed E-state index contributed by atoms with van der Waals surface area (Å²) in [4.78, 5) is 15.4. The molecule has 3 aromatic rings. The Morgan fingerprint density at radius 1 is 0.968 bits per heavy atom. The van der Waals surface area contributed by atoms with E-state index in [-0.39, 0.29) is 18.2 Å². The first-order chi connectivity index (χ1) is 15.3. The minimum Gasteiger partial charge on any atom is -0.490 e. The molecule has 3 aromatic carbocycles. The molecule has 158 valence electrons. The highest BCUT2D eigenvalue weighted by molar-refractivity contribution is 6.01. The minimum absolute atomic E-state index is 0.0112. The Kier molecular flexibility index (Phi) is 5.59. The second kappa shape index (κ2) is 8.82. The number of fused-ring (bicyclic) bond motifs is 1. The molecule has 2 atom stereocenters. The van der Waals surface area contributed by atoms with Crippen molar-refractivity contribution in [1.29, 1.82) is 0 Å². The molecular formula is C26H26N2O3. The van der Waals surface area contributed by atoms with Gasteiger partial charge in [0.25, 0.3) is 5.91 Å². The van der Waals surface area contributed by atoms with Crippen LogP contribution in [0.1, 0.15) is 40.5 Å². The van der Waals surface area contributed by atoms with E-state index in [9.17, 15) is 4.79 Å². The number of hydrogen-bond donors (Lipinski definition) is 1. The van der Waals surface area contributed by atoms with Gasteiger partial charge in [-0.2, -0.15) is 0 Å². The fourth-order valence-electron chi connectivity index (χ4n) is 4.28. The van der Waals surface area contributed by atoms with Gasteiger partial charge >= 0.3 is 0 Å². The molecule has 0 aromatic heterocycles. The van der Waals surface area contributed by atoms with Gasteiger partial charge in [-0.1, -0.05) is 60.7 Å². The van der Waals surface area contributed by atoms with E-state index in [1.54, 1.807) is 0 Å². The molecule has 2 aliphatic heterocycles. The summed E-state index contributed by atoms with van der Waals surface area (Å²) >= 11 is 0. The number of anilines is 1. The summed E-state index contributed by atoms with van der Waals surface area (Å²) in [5.41, 5.74) is 3.56. The molecular weight excluding hydrogens is 388 g/mol. The summed E-state index contributed by atoms with van der Waals surface area (Å²) in [6.07, 6.45) is 1.91. The summed E-state index contributed by atoms with van der Waals surface area (Å²) in [5.74, 6) is 0.790. The molecule has 31 heavy (non-hydrogen) atoms. The summed E-state index contributed by atoms with van der Waals surface area (Å²) in [5, 5.41) is 3.58. The molecule has 1 saturated heterocycles. The van der Waals surface area contributed by atoms with Crippen LogP contribution in [0.4, 0.5) is 5.69 Å². The molecule has 1 amide bonds. The van der Waals surface area contributed by atoms with E-state index in [1.165, 1.54) is 0 Å². The largest absolute Gasteiger partial charge is 0.490 e. The van der Waals surface area contributed by atoms with Gasteiger partial charge in [0.05, 0.1) is 11.7 Å². The van der Waals surface area contributed by atoms with Gasteiger partial charge in [-0.3, -0.25) is 4.79 Å². The van der Waals surface area contributed by atoms with Crippen molar-refractivity contribution in [2.45, 2.75) is 31.7 Å². The normalized spacial score (nSPS) is 20.3. The van der Waals surface area contributed by atoms with Crippen LogP contribution in [0.15, 0.2) is 78.9 Å². The Morgan fingerprint density at radius 2 is 1.74 bits per heavy atom. The first kappa shape index (κ1) is 19.6. The van der Waals surface area contributed by atoms with Crippen LogP contribution >= 0.6 is 0 Å². The number of ether oxygens (including phenoxy) is 2. The first-order valence-electron chi connectivity index (χ1n) is 10.8. The maximum absolute atomic E-state index is 13.5. The number of carbonyl (C=O) groups is 1. The van der Waals surface area contributed by atoms with Gasteiger partial charge in [-0.15, -0.1) is 0 Å². The fraction of sp³-hybridized carbons (Fsp3) is 0.269. The van der Waals surface area contributed by atoms with E-state index < -0.39 is 0 Å². The molecule has 0 spiro atoms. The Hall–Kier alpha value is -3.31. The first-order valence-corrected chi connectivity index (χ1v) is 10.8. The molecule has 5 nitrogen and oxygen atoms in total. The van der Waals surface area contributed by atoms with Gasteiger partial charge in [0, 0.05) is 24.4 Å². The number of nitrogens with zero attached hydrogens (tertiary/aromatic N) is 1. The van der Waals surface area contributed by atoms with Crippen LogP contribution in [0.3, 0.4) is 0 Å². The smallest absolute Gasteiger partial charge is 0.258 e. The van der Waals surface area contributed by atoms with Gasteiger partial charge in [0.2, 0.25) is 0 Å². The van der Waals surface area contributed by atoms with Crippen molar-refractivity contribution in [3.05, 3.63) is 95.6 Å². The van der Waals surface area contributed by atoms with E-state index >= 15 is 0 Å². The van der Waals surface area contributed by atoms with Crippen molar-refractivity contribution in [3.63, 3.8) is 0 Å². The van der Waals surface area contributed by atoms with Crippen LogP contribution in [-0.4, -0.2) is 30.1 Å². The number of benzene rings is 3. The van der Waals surface area contributed by atoms with Crippen molar-refractivity contribution in [3.8, 4) is 5.75 Å². The lowest BCUT2D eigenvalue weighted by molar-refractivity contribution is 0.0626. The maximum Gasteiger partial charge on any atom is 0.258 e. The molecule has 5 heteroatoms. The predicted molar refractivity (Wildman–Crippen MR) is 120 cm³/mol. The molecule has 0 saturated carbocycles. The van der Waals surface area contributed by atoms with Crippen molar-refractivity contribution in [2.75, 3.05) is 18.5 Å². The second-order valence-corrected chi connectivity index (χ2v) is 7.99. The van der Waals surface area contributed by atoms with E-state index in [1.807, 2.05) is 83.8 Å². The lowest BCUT2D eigenvalue weighted by atomic mass is 10.0. The monoisotopic (exact) mass is 414 g/mol. The number of para-hydroxylation sites is 2. The van der Waals surface area contributed by atoms with Gasteiger partial charge in [-0.05, 0) is 36.6 Å². The summed E-state index contributed by atoms with van der Waals surface area (Å²) in [6, 6.07) is 25.7. The molecule has 0 bridgehead atoms. The number of amides is 1. The zero-order chi connectivity index (χ0) is 21.0. The van der Waals surface area contributed by atoms with Crippen LogP contribution in [0.25, 0.3) is 0 Å². The Morgan fingerprint density at radius 3 is 2.58 bits per heavy atom. The molecule has 2 unspecified atom stereocenters.